The van der Waals surface area contributed by atoms with Gasteiger partial charge in [-0.1, -0.05) is 72.3 Å². The number of para-hydroxylation sites is 1. The lowest BCUT2D eigenvalue weighted by Gasteiger charge is -2.11. The van der Waals surface area contributed by atoms with E-state index in [-0.39, 0.29) is 0 Å². The number of fused-ring (bicyclic) bond motifs is 3. The van der Waals surface area contributed by atoms with E-state index in [1.54, 1.807) is 0 Å². The average molecular weight is 335 g/mol. The van der Waals surface area contributed by atoms with Gasteiger partial charge in [0.1, 0.15) is 11.6 Å². The molecule has 0 atom stereocenters. The van der Waals surface area contributed by atoms with Crippen LogP contribution in [0, 0.1) is 6.92 Å². The first-order chi connectivity index (χ1) is 12.8. The summed E-state index contributed by atoms with van der Waals surface area (Å²) in [6.45, 7) is 2.10. The lowest BCUT2D eigenvalue weighted by Crippen LogP contribution is -1.99. The van der Waals surface area contributed by atoms with Crippen molar-refractivity contribution < 1.29 is 0 Å². The van der Waals surface area contributed by atoms with Crippen LogP contribution in [0.5, 0.6) is 0 Å². The Balaban J connectivity index is 1.93. The molecule has 26 heavy (non-hydrogen) atoms. The van der Waals surface area contributed by atoms with Crippen LogP contribution in [-0.4, -0.2) is 14.4 Å². The van der Waals surface area contributed by atoms with Crippen molar-refractivity contribution in [3.05, 3.63) is 90.6 Å². The van der Waals surface area contributed by atoms with Gasteiger partial charge < -0.3 is 0 Å². The van der Waals surface area contributed by atoms with Crippen LogP contribution in [-0.2, 0) is 0 Å². The summed E-state index contributed by atoms with van der Waals surface area (Å²) in [5.41, 5.74) is 5.45. The Morgan fingerprint density at radius 3 is 2.35 bits per heavy atom. The lowest BCUT2D eigenvalue weighted by atomic mass is 10.1. The first kappa shape index (κ1) is 14.8. The van der Waals surface area contributed by atoms with Crippen LogP contribution in [0.25, 0.3) is 39.2 Å². The molecule has 0 saturated heterocycles. The predicted octanol–water partition coefficient (Wildman–Crippen LogP) is 5.52. The summed E-state index contributed by atoms with van der Waals surface area (Å²) in [6, 6.07) is 27.0. The molecule has 124 valence electrons. The van der Waals surface area contributed by atoms with Gasteiger partial charge in [0.05, 0.1) is 17.2 Å². The molecule has 0 amide bonds. The normalized spacial score (nSPS) is 11.3. The minimum absolute atomic E-state index is 0.910. The fourth-order valence-corrected chi connectivity index (χ4v) is 3.48. The van der Waals surface area contributed by atoms with E-state index in [1.807, 2.05) is 36.5 Å². The second kappa shape index (κ2) is 5.81. The molecule has 0 N–H and O–H groups in total. The number of hydrogen-bond acceptors (Lipinski definition) is 2. The third-order valence-electron chi connectivity index (χ3n) is 4.69. The van der Waals surface area contributed by atoms with Gasteiger partial charge in [0.2, 0.25) is 0 Å². The highest BCUT2D eigenvalue weighted by molar-refractivity contribution is 5.96. The van der Waals surface area contributed by atoms with E-state index in [1.165, 1.54) is 5.56 Å². The summed E-state index contributed by atoms with van der Waals surface area (Å²) in [4.78, 5) is 9.74. The Hall–Kier alpha value is -3.46. The quantitative estimate of drug-likeness (QED) is 0.425. The Morgan fingerprint density at radius 2 is 1.50 bits per heavy atom. The van der Waals surface area contributed by atoms with E-state index in [0.717, 1.165) is 39.2 Å². The maximum Gasteiger partial charge on any atom is 0.146 e. The smallest absolute Gasteiger partial charge is 0.146 e. The van der Waals surface area contributed by atoms with Crippen LogP contribution in [0.4, 0.5) is 0 Å². The molecule has 2 heterocycles. The van der Waals surface area contributed by atoms with Gasteiger partial charge in [-0.2, -0.15) is 0 Å². The molecule has 0 aliphatic heterocycles. The Morgan fingerprint density at radius 1 is 0.731 bits per heavy atom. The van der Waals surface area contributed by atoms with Gasteiger partial charge in [0, 0.05) is 16.5 Å². The van der Waals surface area contributed by atoms with Crippen LogP contribution < -0.4 is 0 Å². The molecule has 3 aromatic carbocycles. The van der Waals surface area contributed by atoms with Crippen LogP contribution in [0.2, 0.25) is 0 Å². The number of rotatable bonds is 2. The number of benzene rings is 3. The monoisotopic (exact) mass is 335 g/mol. The second-order valence-corrected chi connectivity index (χ2v) is 6.49. The summed E-state index contributed by atoms with van der Waals surface area (Å²) in [6.07, 6.45) is 1.95. The first-order valence-electron chi connectivity index (χ1n) is 8.70. The molecule has 3 nitrogen and oxygen atoms in total. The number of nitrogens with zero attached hydrogens (tertiary/aromatic N) is 3. The molecule has 0 radical (unpaired) electrons. The second-order valence-electron chi connectivity index (χ2n) is 6.49. The maximum atomic E-state index is 4.98. The van der Waals surface area contributed by atoms with Gasteiger partial charge in [0.25, 0.3) is 0 Å². The van der Waals surface area contributed by atoms with Gasteiger partial charge in [0.15, 0.2) is 0 Å². The molecule has 5 aromatic rings. The molecule has 0 aliphatic carbocycles. The topological polar surface area (TPSA) is 30.2 Å². The maximum absolute atomic E-state index is 4.98. The highest BCUT2D eigenvalue weighted by Crippen LogP contribution is 2.30. The van der Waals surface area contributed by atoms with Crippen molar-refractivity contribution in [2.45, 2.75) is 6.92 Å². The minimum atomic E-state index is 0.910. The molecule has 0 spiro atoms. The zero-order valence-electron chi connectivity index (χ0n) is 14.4. The highest BCUT2D eigenvalue weighted by Gasteiger charge is 2.15. The van der Waals surface area contributed by atoms with Crippen molar-refractivity contribution in [1.29, 1.82) is 0 Å². The fraction of sp³-hybridized carbons (Fsp3) is 0.0435. The van der Waals surface area contributed by atoms with Crippen LogP contribution in [0.3, 0.4) is 0 Å². The molecule has 2 aromatic heterocycles. The fourth-order valence-electron chi connectivity index (χ4n) is 3.48. The van der Waals surface area contributed by atoms with E-state index in [4.69, 9.17) is 9.97 Å². The predicted molar refractivity (Wildman–Crippen MR) is 106 cm³/mol. The molecular formula is C23H17N3. The molecule has 0 aliphatic rings. The third-order valence-corrected chi connectivity index (χ3v) is 4.69. The average Bonchev–Trinajstić information content (AvgIpc) is 3.13. The molecule has 5 rings (SSSR count). The standard InChI is InChI=1S/C23H17N3/c1-16-8-7-11-18(14-16)22-24-15-21-19-12-5-6-13-20(19)25-23(26(21)22)17-9-3-2-4-10-17/h2-15H,1H3. The SMILES string of the molecule is Cc1cccc(-c2ncc3c4ccccc4nc(-c4ccccc4)n23)c1. The molecule has 0 saturated carbocycles. The number of aryl methyl sites for hydroxylation is 1. The Kier molecular flexibility index (Phi) is 3.32. The molecule has 0 unspecified atom stereocenters. The molecule has 3 heteroatoms. The van der Waals surface area contributed by atoms with Crippen molar-refractivity contribution in [1.82, 2.24) is 14.4 Å². The van der Waals surface area contributed by atoms with Gasteiger partial charge in [-0.25, -0.2) is 9.97 Å². The first-order valence-corrected chi connectivity index (χ1v) is 8.70. The van der Waals surface area contributed by atoms with Crippen molar-refractivity contribution in [3.8, 4) is 22.8 Å². The summed E-state index contributed by atoms with van der Waals surface area (Å²) >= 11 is 0. The molecular weight excluding hydrogens is 318 g/mol. The van der Waals surface area contributed by atoms with Crippen LogP contribution in [0.1, 0.15) is 5.56 Å². The van der Waals surface area contributed by atoms with E-state index in [0.29, 0.717) is 0 Å². The van der Waals surface area contributed by atoms with Gasteiger partial charge >= 0.3 is 0 Å². The zero-order valence-corrected chi connectivity index (χ0v) is 14.4. The summed E-state index contributed by atoms with van der Waals surface area (Å²) in [5.74, 6) is 1.83. The number of hydrogen-bond donors (Lipinski definition) is 0. The van der Waals surface area contributed by atoms with Crippen molar-refractivity contribution in [2.75, 3.05) is 0 Å². The molecule has 0 bridgehead atoms. The molecule has 0 fully saturated rings. The van der Waals surface area contributed by atoms with Gasteiger partial charge in [-0.15, -0.1) is 0 Å². The van der Waals surface area contributed by atoms with Gasteiger partial charge in [-0.3, -0.25) is 4.40 Å². The zero-order chi connectivity index (χ0) is 17.5. The van der Waals surface area contributed by atoms with E-state index < -0.39 is 0 Å². The summed E-state index contributed by atoms with van der Waals surface area (Å²) in [5, 5.41) is 1.11. The van der Waals surface area contributed by atoms with E-state index >= 15 is 0 Å². The van der Waals surface area contributed by atoms with E-state index in [9.17, 15) is 0 Å². The Labute approximate surface area is 151 Å². The van der Waals surface area contributed by atoms with Crippen molar-refractivity contribution in [2.24, 2.45) is 0 Å². The highest BCUT2D eigenvalue weighted by atomic mass is 15.1. The number of aromatic nitrogens is 3. The van der Waals surface area contributed by atoms with Crippen LogP contribution in [0.15, 0.2) is 85.1 Å². The van der Waals surface area contributed by atoms with Crippen molar-refractivity contribution >= 4 is 16.4 Å². The lowest BCUT2D eigenvalue weighted by molar-refractivity contribution is 1.11. The van der Waals surface area contributed by atoms with Gasteiger partial charge in [-0.05, 0) is 19.1 Å². The number of imidazole rings is 1. The Bertz CT molecular complexity index is 1240. The van der Waals surface area contributed by atoms with Crippen molar-refractivity contribution in [3.63, 3.8) is 0 Å². The summed E-state index contributed by atoms with van der Waals surface area (Å²) < 4.78 is 2.17. The van der Waals surface area contributed by atoms with Crippen LogP contribution >= 0.6 is 0 Å². The largest absolute Gasteiger partial charge is 0.276 e. The summed E-state index contributed by atoms with van der Waals surface area (Å²) in [7, 11) is 0. The third kappa shape index (κ3) is 2.29. The van der Waals surface area contributed by atoms with E-state index in [2.05, 4.69) is 59.9 Å². The minimum Gasteiger partial charge on any atom is -0.276 e.